The molecule has 0 aromatic heterocycles. The maximum Gasteiger partial charge on any atom is 0.249 e. The second-order valence-corrected chi connectivity index (χ2v) is 6.03. The highest BCUT2D eigenvalue weighted by molar-refractivity contribution is 6.12. The van der Waals surface area contributed by atoms with Crippen LogP contribution in [0.1, 0.15) is 19.3 Å². The highest BCUT2D eigenvalue weighted by atomic mass is 16.3. The maximum absolute atomic E-state index is 12.8. The van der Waals surface area contributed by atoms with Crippen LogP contribution in [0, 0.1) is 11.8 Å². The number of fused-ring (bicyclic) bond motifs is 1. The lowest BCUT2D eigenvalue weighted by Crippen LogP contribution is -2.54. The van der Waals surface area contributed by atoms with Crippen molar-refractivity contribution in [2.75, 3.05) is 13.2 Å². The molecule has 2 saturated heterocycles. The molecule has 3 N–H and O–H groups in total. The summed E-state index contributed by atoms with van der Waals surface area (Å²) in [5.41, 5.74) is 0.615. The number of aliphatic hydroxyl groups is 1. The molecule has 3 atom stereocenters. The Bertz CT molecular complexity index is 654. The van der Waals surface area contributed by atoms with Crippen molar-refractivity contribution in [1.29, 1.82) is 0 Å². The molecule has 0 saturated carbocycles. The molecule has 2 heterocycles. The van der Waals surface area contributed by atoms with Crippen molar-refractivity contribution >= 4 is 23.6 Å². The fraction of sp³-hybridized carbons (Fsp3) is 0.500. The van der Waals surface area contributed by atoms with E-state index in [1.165, 1.54) is 0 Å². The van der Waals surface area contributed by atoms with E-state index in [0.29, 0.717) is 18.7 Å². The zero-order chi connectivity index (χ0) is 17.3. The van der Waals surface area contributed by atoms with Gasteiger partial charge in [0.2, 0.25) is 23.6 Å². The summed E-state index contributed by atoms with van der Waals surface area (Å²) in [6.45, 7) is 0.513. The Kier molecular flexibility index (Phi) is 4.48. The lowest BCUT2D eigenvalue weighted by Gasteiger charge is -2.28. The number of likely N-dealkylation sites (tertiary alicyclic amines) is 1. The van der Waals surface area contributed by atoms with Gasteiger partial charge in [-0.05, 0) is 18.9 Å². The number of hydrogen-bond acceptors (Lipinski definition) is 6. The van der Waals surface area contributed by atoms with Crippen LogP contribution >= 0.6 is 0 Å². The van der Waals surface area contributed by atoms with Gasteiger partial charge in [0.1, 0.15) is 6.04 Å². The Morgan fingerprint density at radius 2 is 2.04 bits per heavy atom. The van der Waals surface area contributed by atoms with Gasteiger partial charge in [-0.25, -0.2) is 0 Å². The van der Waals surface area contributed by atoms with E-state index in [1.54, 1.807) is 18.2 Å². The summed E-state index contributed by atoms with van der Waals surface area (Å²) in [6.07, 6.45) is 5.89. The smallest absolute Gasteiger partial charge is 0.249 e. The van der Waals surface area contributed by atoms with Crippen molar-refractivity contribution in [3.05, 3.63) is 23.9 Å². The normalized spacial score (nSPS) is 29.5. The number of rotatable bonds is 5. The molecule has 1 aliphatic carbocycles. The van der Waals surface area contributed by atoms with E-state index >= 15 is 0 Å². The molecule has 0 aromatic rings. The van der Waals surface area contributed by atoms with Crippen molar-refractivity contribution < 1.29 is 24.3 Å². The number of aliphatic hydroxyl groups excluding tert-OH is 1. The number of carbonyl (C=O) groups is 4. The standard InChI is InChI=1S/C16H19N3O5/c20-8-2-7-17-10-4-1-3-9-13(10)16(24)19(15(9)23)11-5-6-12(21)18-14(11)22/h1,3-4,9,11,13,17,20H,2,5-8H2,(H,18,21,22). The summed E-state index contributed by atoms with van der Waals surface area (Å²) in [5, 5.41) is 14.1. The largest absolute Gasteiger partial charge is 0.396 e. The SMILES string of the molecule is O=C1CCC(N2C(=O)C3C=CC=C(NCCCO)C3C2=O)C(=O)N1. The lowest BCUT2D eigenvalue weighted by atomic mass is 9.88. The molecular weight excluding hydrogens is 314 g/mol. The third kappa shape index (κ3) is 2.73. The van der Waals surface area contributed by atoms with E-state index < -0.39 is 35.6 Å². The van der Waals surface area contributed by atoms with Crippen molar-refractivity contribution in [1.82, 2.24) is 15.5 Å². The first-order valence-corrected chi connectivity index (χ1v) is 7.98. The molecule has 0 aromatic carbocycles. The van der Waals surface area contributed by atoms with Crippen LogP contribution in [0.5, 0.6) is 0 Å². The molecule has 0 radical (unpaired) electrons. The molecule has 3 rings (SSSR count). The lowest BCUT2D eigenvalue weighted by molar-refractivity contribution is -0.151. The Morgan fingerprint density at radius 1 is 1.25 bits per heavy atom. The number of carbonyl (C=O) groups excluding carboxylic acids is 4. The summed E-state index contributed by atoms with van der Waals surface area (Å²) >= 11 is 0. The van der Waals surface area contributed by atoms with Gasteiger partial charge in [-0.2, -0.15) is 0 Å². The summed E-state index contributed by atoms with van der Waals surface area (Å²) in [7, 11) is 0. The molecule has 2 fully saturated rings. The van der Waals surface area contributed by atoms with Gasteiger partial charge in [-0.15, -0.1) is 0 Å². The predicted molar refractivity (Wildman–Crippen MR) is 81.9 cm³/mol. The summed E-state index contributed by atoms with van der Waals surface area (Å²) in [5.74, 6) is -3.14. The molecule has 24 heavy (non-hydrogen) atoms. The molecule has 0 bridgehead atoms. The fourth-order valence-electron chi connectivity index (χ4n) is 3.33. The summed E-state index contributed by atoms with van der Waals surface area (Å²) in [6, 6.07) is -0.930. The number of hydrogen-bond donors (Lipinski definition) is 3. The number of imide groups is 2. The van der Waals surface area contributed by atoms with E-state index in [2.05, 4.69) is 10.6 Å². The van der Waals surface area contributed by atoms with Gasteiger partial charge in [-0.3, -0.25) is 29.4 Å². The van der Waals surface area contributed by atoms with Crippen molar-refractivity contribution in [2.45, 2.75) is 25.3 Å². The number of nitrogens with one attached hydrogen (secondary N) is 2. The number of piperidine rings is 1. The second kappa shape index (κ2) is 6.56. The highest BCUT2D eigenvalue weighted by Crippen LogP contribution is 2.36. The molecule has 8 heteroatoms. The van der Waals surface area contributed by atoms with Crippen LogP contribution < -0.4 is 10.6 Å². The van der Waals surface area contributed by atoms with Gasteiger partial charge in [-0.1, -0.05) is 12.2 Å². The van der Waals surface area contributed by atoms with Crippen LogP contribution in [0.2, 0.25) is 0 Å². The Hall–Kier alpha value is -2.48. The number of amides is 4. The van der Waals surface area contributed by atoms with Crippen LogP contribution in [-0.4, -0.2) is 52.8 Å². The molecule has 2 aliphatic heterocycles. The maximum atomic E-state index is 12.8. The minimum Gasteiger partial charge on any atom is -0.396 e. The number of nitrogens with zero attached hydrogens (tertiary/aromatic N) is 1. The molecule has 3 aliphatic rings. The van der Waals surface area contributed by atoms with Gasteiger partial charge < -0.3 is 10.4 Å². The minimum absolute atomic E-state index is 0.0273. The van der Waals surface area contributed by atoms with Crippen LogP contribution in [0.15, 0.2) is 23.9 Å². The Morgan fingerprint density at radius 3 is 2.75 bits per heavy atom. The average Bonchev–Trinajstić information content (AvgIpc) is 2.81. The first kappa shape index (κ1) is 16.4. The van der Waals surface area contributed by atoms with Crippen molar-refractivity contribution in [2.24, 2.45) is 11.8 Å². The third-order valence-electron chi connectivity index (χ3n) is 4.50. The van der Waals surface area contributed by atoms with Crippen LogP contribution in [-0.2, 0) is 19.2 Å². The van der Waals surface area contributed by atoms with E-state index in [4.69, 9.17) is 5.11 Å². The third-order valence-corrected chi connectivity index (χ3v) is 4.50. The number of allylic oxidation sites excluding steroid dienone is 2. The zero-order valence-corrected chi connectivity index (χ0v) is 13.0. The van der Waals surface area contributed by atoms with E-state index in [9.17, 15) is 19.2 Å². The van der Waals surface area contributed by atoms with Gasteiger partial charge >= 0.3 is 0 Å². The van der Waals surface area contributed by atoms with Crippen molar-refractivity contribution in [3.63, 3.8) is 0 Å². The molecule has 8 nitrogen and oxygen atoms in total. The van der Waals surface area contributed by atoms with Gasteiger partial charge in [0.15, 0.2) is 0 Å². The molecule has 128 valence electrons. The van der Waals surface area contributed by atoms with Gasteiger partial charge in [0, 0.05) is 25.3 Å². The predicted octanol–water partition coefficient (Wildman–Crippen LogP) is -1.18. The van der Waals surface area contributed by atoms with E-state index in [-0.39, 0.29) is 25.4 Å². The summed E-state index contributed by atoms with van der Waals surface area (Å²) in [4.78, 5) is 49.8. The average molecular weight is 333 g/mol. The molecular formula is C16H19N3O5. The Labute approximate surface area is 138 Å². The van der Waals surface area contributed by atoms with E-state index in [1.807, 2.05) is 0 Å². The van der Waals surface area contributed by atoms with Gasteiger partial charge in [0.25, 0.3) is 0 Å². The van der Waals surface area contributed by atoms with Gasteiger partial charge in [0.05, 0.1) is 11.8 Å². The summed E-state index contributed by atoms with van der Waals surface area (Å²) < 4.78 is 0. The second-order valence-electron chi connectivity index (χ2n) is 6.03. The first-order chi connectivity index (χ1) is 11.5. The monoisotopic (exact) mass is 333 g/mol. The van der Waals surface area contributed by atoms with Crippen molar-refractivity contribution in [3.8, 4) is 0 Å². The fourth-order valence-corrected chi connectivity index (χ4v) is 3.33. The Balaban J connectivity index is 1.80. The molecule has 4 amide bonds. The van der Waals surface area contributed by atoms with E-state index in [0.717, 1.165) is 4.90 Å². The zero-order valence-electron chi connectivity index (χ0n) is 13.0. The quantitative estimate of drug-likeness (QED) is 0.431. The van der Waals surface area contributed by atoms with Crippen LogP contribution in [0.25, 0.3) is 0 Å². The first-order valence-electron chi connectivity index (χ1n) is 7.98. The molecule has 3 unspecified atom stereocenters. The van der Waals surface area contributed by atoms with Crippen LogP contribution in [0.4, 0.5) is 0 Å². The van der Waals surface area contributed by atoms with Crippen LogP contribution in [0.3, 0.4) is 0 Å². The topological polar surface area (TPSA) is 116 Å². The highest BCUT2D eigenvalue weighted by Gasteiger charge is 2.53. The minimum atomic E-state index is -0.930. The molecule has 0 spiro atoms.